The molecule has 3 amide bonds. The molecule has 0 saturated carbocycles. The maximum Gasteiger partial charge on any atom is 0.322 e. The van der Waals surface area contributed by atoms with E-state index < -0.39 is 6.03 Å². The minimum absolute atomic E-state index is 0.0566. The maximum absolute atomic E-state index is 13.2. The number of hydrogen-bond donors (Lipinski definition) is 2. The van der Waals surface area contributed by atoms with Crippen molar-refractivity contribution in [2.75, 3.05) is 25.0 Å². The van der Waals surface area contributed by atoms with Crippen LogP contribution in [0.4, 0.5) is 14.9 Å². The van der Waals surface area contributed by atoms with E-state index in [1.807, 2.05) is 12.1 Å². The van der Waals surface area contributed by atoms with Gasteiger partial charge in [-0.1, -0.05) is 48.5 Å². The number of benzene rings is 3. The topological polar surface area (TPSA) is 72.9 Å². The van der Waals surface area contributed by atoms with Crippen molar-refractivity contribution in [2.45, 2.75) is 24.9 Å². The maximum atomic E-state index is 13.2. The van der Waals surface area contributed by atoms with Crippen LogP contribution >= 0.6 is 0 Å². The lowest BCUT2D eigenvalue weighted by Crippen LogP contribution is -2.73. The van der Waals surface area contributed by atoms with E-state index in [0.717, 1.165) is 11.1 Å². The van der Waals surface area contributed by atoms with Crippen molar-refractivity contribution >= 4 is 17.6 Å². The van der Waals surface area contributed by atoms with Crippen LogP contribution in [-0.4, -0.2) is 58.6 Å². The Morgan fingerprint density at radius 3 is 2.44 bits per heavy atom. The van der Waals surface area contributed by atoms with Crippen molar-refractivity contribution in [2.24, 2.45) is 0 Å². The second kappa shape index (κ2) is 8.91. The second-order valence-corrected chi connectivity index (χ2v) is 8.90. The molecule has 7 heteroatoms. The van der Waals surface area contributed by atoms with Crippen LogP contribution in [0.5, 0.6) is 0 Å². The van der Waals surface area contributed by atoms with E-state index >= 15 is 0 Å². The number of aryl methyl sites for hydroxylation is 1. The Kier molecular flexibility index (Phi) is 5.79. The van der Waals surface area contributed by atoms with E-state index in [4.69, 9.17) is 0 Å². The first-order chi connectivity index (χ1) is 16.5. The monoisotopic (exact) mass is 459 g/mol. The Hall–Kier alpha value is -3.71. The Morgan fingerprint density at radius 1 is 1.06 bits per heavy atom. The molecular weight excluding hydrogens is 433 g/mol. The Bertz CT molecular complexity index is 1210. The average Bonchev–Trinajstić information content (AvgIpc) is 2.82. The lowest BCUT2D eigenvalue weighted by Gasteiger charge is -2.58. The fourth-order valence-electron chi connectivity index (χ4n) is 5.17. The van der Waals surface area contributed by atoms with Gasteiger partial charge in [0.05, 0.1) is 18.7 Å². The van der Waals surface area contributed by atoms with Gasteiger partial charge < -0.3 is 20.2 Å². The summed E-state index contributed by atoms with van der Waals surface area (Å²) < 4.78 is 13.2. The van der Waals surface area contributed by atoms with E-state index in [1.54, 1.807) is 4.90 Å². The molecule has 2 aliphatic heterocycles. The minimum Gasteiger partial charge on any atom is -0.394 e. The van der Waals surface area contributed by atoms with Gasteiger partial charge in [0, 0.05) is 18.2 Å². The lowest BCUT2D eigenvalue weighted by atomic mass is 9.73. The van der Waals surface area contributed by atoms with Gasteiger partial charge in [-0.3, -0.25) is 4.79 Å². The lowest BCUT2D eigenvalue weighted by molar-refractivity contribution is -0.159. The number of nitrogens with zero attached hydrogens (tertiary/aromatic N) is 2. The van der Waals surface area contributed by atoms with Crippen molar-refractivity contribution in [3.05, 3.63) is 89.7 Å². The number of aliphatic hydroxyl groups excluding tert-OH is 1. The molecule has 0 aliphatic carbocycles. The van der Waals surface area contributed by atoms with Crippen molar-refractivity contribution < 1.29 is 19.1 Å². The molecular formula is C27H26FN3O3. The summed E-state index contributed by atoms with van der Waals surface area (Å²) in [4.78, 5) is 28.8. The molecule has 2 heterocycles. The van der Waals surface area contributed by atoms with Crippen LogP contribution < -0.4 is 5.32 Å². The zero-order chi connectivity index (χ0) is 23.8. The first-order valence-electron chi connectivity index (χ1n) is 11.4. The predicted octanol–water partition coefficient (Wildman–Crippen LogP) is 4.00. The van der Waals surface area contributed by atoms with Gasteiger partial charge in [0.25, 0.3) is 0 Å². The van der Waals surface area contributed by atoms with Crippen LogP contribution in [-0.2, 0) is 4.79 Å². The molecule has 5 rings (SSSR count). The largest absolute Gasteiger partial charge is 0.394 e. The third-order valence-corrected chi connectivity index (χ3v) is 6.89. The summed E-state index contributed by atoms with van der Waals surface area (Å²) in [5.74, 6) is -0.638. The van der Waals surface area contributed by atoms with Gasteiger partial charge in [-0.05, 0) is 53.4 Å². The zero-order valence-electron chi connectivity index (χ0n) is 18.8. The van der Waals surface area contributed by atoms with Gasteiger partial charge in [-0.2, -0.15) is 0 Å². The minimum atomic E-state index is -0.402. The average molecular weight is 460 g/mol. The Balaban J connectivity index is 1.34. The number of nitrogens with one attached hydrogen (secondary N) is 1. The van der Waals surface area contributed by atoms with Gasteiger partial charge in [-0.15, -0.1) is 0 Å². The third-order valence-electron chi connectivity index (χ3n) is 6.89. The SMILES string of the molecule is Cc1ccccc1-c1ccc([C@H]2[C@@H](CO)N3C(=O)CN(C(=O)Nc4ccc(F)cc4)C[C@@H]23)cc1. The first kappa shape index (κ1) is 22.1. The van der Waals surface area contributed by atoms with E-state index in [1.165, 1.54) is 40.3 Å². The van der Waals surface area contributed by atoms with Crippen LogP contribution in [0, 0.1) is 12.7 Å². The molecule has 2 N–H and O–H groups in total. The highest BCUT2D eigenvalue weighted by molar-refractivity contribution is 5.93. The van der Waals surface area contributed by atoms with Gasteiger partial charge in [0.15, 0.2) is 0 Å². The number of anilines is 1. The molecule has 34 heavy (non-hydrogen) atoms. The van der Waals surface area contributed by atoms with E-state index in [0.29, 0.717) is 12.2 Å². The van der Waals surface area contributed by atoms with Gasteiger partial charge >= 0.3 is 6.03 Å². The van der Waals surface area contributed by atoms with Crippen molar-refractivity contribution in [1.82, 2.24) is 9.80 Å². The number of rotatable bonds is 4. The van der Waals surface area contributed by atoms with E-state index in [-0.39, 0.29) is 42.9 Å². The molecule has 3 aromatic rings. The summed E-state index contributed by atoms with van der Waals surface area (Å²) in [6.45, 7) is 2.25. The molecule has 6 nitrogen and oxygen atoms in total. The Morgan fingerprint density at radius 2 is 1.76 bits per heavy atom. The number of aliphatic hydroxyl groups is 1. The highest BCUT2D eigenvalue weighted by Crippen LogP contribution is 2.43. The molecule has 3 atom stereocenters. The quantitative estimate of drug-likeness (QED) is 0.619. The molecule has 174 valence electrons. The third kappa shape index (κ3) is 3.92. The number of fused-ring (bicyclic) bond motifs is 1. The summed E-state index contributed by atoms with van der Waals surface area (Å²) in [6.07, 6.45) is 0. The van der Waals surface area contributed by atoms with Crippen LogP contribution in [0.15, 0.2) is 72.8 Å². The molecule has 2 fully saturated rings. The number of urea groups is 1. The summed E-state index contributed by atoms with van der Waals surface area (Å²) in [5.41, 5.74) is 4.97. The fraction of sp³-hybridized carbons (Fsp3) is 0.259. The smallest absolute Gasteiger partial charge is 0.322 e. The Labute approximate surface area is 197 Å². The standard InChI is InChI=1S/C27H26FN3O3/c1-17-4-2-3-5-22(17)18-6-8-19(9-7-18)26-23-14-30(15-25(33)31(23)24(26)16-32)27(34)29-21-12-10-20(28)11-13-21/h2-13,23-24,26,32H,14-16H2,1H3,(H,29,34)/t23-,24+,26+/m0/s1. The second-order valence-electron chi connectivity index (χ2n) is 8.90. The molecule has 0 bridgehead atoms. The molecule has 0 spiro atoms. The summed E-state index contributed by atoms with van der Waals surface area (Å²) in [6, 6.07) is 21.0. The van der Waals surface area contributed by atoms with E-state index in [2.05, 4.69) is 48.6 Å². The van der Waals surface area contributed by atoms with Crippen molar-refractivity contribution in [1.29, 1.82) is 0 Å². The zero-order valence-corrected chi connectivity index (χ0v) is 18.8. The van der Waals surface area contributed by atoms with Crippen molar-refractivity contribution in [3.63, 3.8) is 0 Å². The van der Waals surface area contributed by atoms with Gasteiger partial charge in [-0.25, -0.2) is 9.18 Å². The molecule has 0 aromatic heterocycles. The number of halogens is 1. The first-order valence-corrected chi connectivity index (χ1v) is 11.4. The number of piperazine rings is 1. The van der Waals surface area contributed by atoms with Gasteiger partial charge in [0.2, 0.25) is 5.91 Å². The normalized spacial score (nSPS) is 21.6. The predicted molar refractivity (Wildman–Crippen MR) is 128 cm³/mol. The number of carbonyl (C=O) groups is 2. The van der Waals surface area contributed by atoms with Gasteiger partial charge in [0.1, 0.15) is 12.4 Å². The van der Waals surface area contributed by atoms with Crippen LogP contribution in [0.25, 0.3) is 11.1 Å². The fourth-order valence-corrected chi connectivity index (χ4v) is 5.17. The summed E-state index contributed by atoms with van der Waals surface area (Å²) >= 11 is 0. The highest BCUT2D eigenvalue weighted by atomic mass is 19.1. The van der Waals surface area contributed by atoms with Crippen LogP contribution in [0.2, 0.25) is 0 Å². The molecule has 0 radical (unpaired) electrons. The van der Waals surface area contributed by atoms with E-state index in [9.17, 15) is 19.1 Å². The highest BCUT2D eigenvalue weighted by Gasteiger charge is 2.54. The molecule has 2 saturated heterocycles. The number of carbonyl (C=O) groups excluding carboxylic acids is 2. The number of hydrogen-bond acceptors (Lipinski definition) is 3. The molecule has 0 unspecified atom stereocenters. The van der Waals surface area contributed by atoms with Crippen LogP contribution in [0.1, 0.15) is 17.0 Å². The molecule has 2 aliphatic rings. The molecule has 3 aromatic carbocycles. The van der Waals surface area contributed by atoms with Crippen molar-refractivity contribution in [3.8, 4) is 11.1 Å². The summed E-state index contributed by atoms with van der Waals surface area (Å²) in [5, 5.41) is 12.7. The van der Waals surface area contributed by atoms with Crippen LogP contribution in [0.3, 0.4) is 0 Å². The summed E-state index contributed by atoms with van der Waals surface area (Å²) in [7, 11) is 0. The number of amides is 3.